The summed E-state index contributed by atoms with van der Waals surface area (Å²) in [6, 6.07) is 12.2. The Morgan fingerprint density at radius 2 is 2.08 bits per heavy atom. The molecular weight excluding hydrogens is 509 g/mol. The molecule has 5 nitrogen and oxygen atoms in total. The fourth-order valence-corrected chi connectivity index (χ4v) is 7.12. The molecule has 1 amide bonds. The molecule has 37 heavy (non-hydrogen) atoms. The van der Waals surface area contributed by atoms with Crippen LogP contribution in [0.25, 0.3) is 15.8 Å². The van der Waals surface area contributed by atoms with Crippen LogP contribution in [-0.2, 0) is 17.8 Å². The highest BCUT2D eigenvalue weighted by Gasteiger charge is 2.40. The first kappa shape index (κ1) is 24.3. The number of nitrogens with zero attached hydrogens (tertiary/aromatic N) is 3. The molecule has 0 spiro atoms. The Hall–Kier alpha value is -3.00. The number of hydrogen-bond acceptors (Lipinski definition) is 4. The third kappa shape index (κ3) is 4.29. The molecule has 0 saturated carbocycles. The lowest BCUT2D eigenvalue weighted by molar-refractivity contribution is -0.135. The lowest BCUT2D eigenvalue weighted by Crippen LogP contribution is -2.38. The average Bonchev–Trinajstić information content (AvgIpc) is 3.61. The molecule has 190 valence electrons. The van der Waals surface area contributed by atoms with Gasteiger partial charge in [0.05, 0.1) is 30.1 Å². The van der Waals surface area contributed by atoms with E-state index in [1.807, 2.05) is 29.1 Å². The first-order valence-electron chi connectivity index (χ1n) is 12.5. The monoisotopic (exact) mass is 535 g/mol. The van der Waals surface area contributed by atoms with Crippen molar-refractivity contribution in [2.24, 2.45) is 5.92 Å². The van der Waals surface area contributed by atoms with Crippen molar-refractivity contribution >= 4 is 38.9 Å². The van der Waals surface area contributed by atoms with Crippen LogP contribution in [0.5, 0.6) is 0 Å². The molecule has 4 aromatic rings. The minimum Gasteiger partial charge on any atom is -0.395 e. The van der Waals surface area contributed by atoms with Crippen LogP contribution < -0.4 is 0 Å². The van der Waals surface area contributed by atoms with Crippen LogP contribution in [0.4, 0.5) is 4.39 Å². The number of allylic oxidation sites excluding steroid dienone is 1. The lowest BCUT2D eigenvalue weighted by Gasteiger charge is -2.30. The van der Waals surface area contributed by atoms with E-state index in [4.69, 9.17) is 11.6 Å². The van der Waals surface area contributed by atoms with Gasteiger partial charge in [-0.15, -0.1) is 11.3 Å². The second kappa shape index (κ2) is 9.71. The second-order valence-corrected chi connectivity index (χ2v) is 11.2. The van der Waals surface area contributed by atoms with Gasteiger partial charge in [-0.3, -0.25) is 4.79 Å². The minimum atomic E-state index is -0.272. The molecule has 0 aliphatic heterocycles. The van der Waals surface area contributed by atoms with Gasteiger partial charge in [0.2, 0.25) is 5.91 Å². The predicted molar refractivity (Wildman–Crippen MR) is 145 cm³/mol. The second-order valence-electron chi connectivity index (χ2n) is 9.87. The van der Waals surface area contributed by atoms with Gasteiger partial charge in [-0.05, 0) is 71.6 Å². The molecule has 2 atom stereocenters. The molecule has 0 bridgehead atoms. The summed E-state index contributed by atoms with van der Waals surface area (Å²) in [5.41, 5.74) is 6.63. The van der Waals surface area contributed by atoms with E-state index in [-0.39, 0.29) is 36.7 Å². The summed E-state index contributed by atoms with van der Waals surface area (Å²) in [5.74, 6) is -0.332. The zero-order chi connectivity index (χ0) is 25.7. The van der Waals surface area contributed by atoms with Crippen molar-refractivity contribution in [2.75, 3.05) is 13.2 Å². The summed E-state index contributed by atoms with van der Waals surface area (Å²) in [5, 5.41) is 18.2. The molecule has 2 aliphatic carbocycles. The van der Waals surface area contributed by atoms with Crippen LogP contribution in [0, 0.1) is 11.7 Å². The third-order valence-corrected chi connectivity index (χ3v) is 9.01. The topological polar surface area (TPSA) is 58.4 Å². The van der Waals surface area contributed by atoms with Crippen LogP contribution in [0.15, 0.2) is 65.2 Å². The molecule has 8 heteroatoms. The maximum absolute atomic E-state index is 13.9. The maximum atomic E-state index is 13.9. The van der Waals surface area contributed by atoms with E-state index < -0.39 is 0 Å². The number of benzene rings is 2. The largest absolute Gasteiger partial charge is 0.395 e. The van der Waals surface area contributed by atoms with Gasteiger partial charge in [0, 0.05) is 40.7 Å². The summed E-state index contributed by atoms with van der Waals surface area (Å²) >= 11 is 7.89. The Labute approximate surface area is 223 Å². The van der Waals surface area contributed by atoms with Crippen molar-refractivity contribution in [1.29, 1.82) is 0 Å². The van der Waals surface area contributed by atoms with Gasteiger partial charge in [-0.1, -0.05) is 29.7 Å². The zero-order valence-corrected chi connectivity index (χ0v) is 22.0. The van der Waals surface area contributed by atoms with Crippen molar-refractivity contribution in [3.05, 3.63) is 92.8 Å². The van der Waals surface area contributed by atoms with Crippen molar-refractivity contribution < 1.29 is 14.3 Å². The molecule has 0 saturated heterocycles. The first-order chi connectivity index (χ1) is 17.9. The van der Waals surface area contributed by atoms with Crippen molar-refractivity contribution in [3.63, 3.8) is 0 Å². The molecule has 2 aromatic carbocycles. The molecule has 2 aromatic heterocycles. The quantitative estimate of drug-likeness (QED) is 0.296. The summed E-state index contributed by atoms with van der Waals surface area (Å²) in [7, 11) is 0. The standard InChI is InChI=1S/C29H27ClFN3O2S/c1-17-25-14-32-34(22-6-4-21(31)5-7-22)26(25)12-18-2-8-23(28(17)18)29(36)33(10-11-35)15-19-16-37-27-9-3-20(30)13-24(19)27/h3-7,9,13-14,16-17,23,35H,2,8,10-12,15H2,1H3/t17-,23+/m0/s1. The lowest BCUT2D eigenvalue weighted by atomic mass is 9.79. The average molecular weight is 536 g/mol. The number of halogens is 2. The molecule has 0 radical (unpaired) electrons. The van der Waals surface area contributed by atoms with Gasteiger partial charge in [-0.2, -0.15) is 5.10 Å². The fraction of sp³-hybridized carbons (Fsp3) is 0.310. The number of aromatic nitrogens is 2. The number of fused-ring (bicyclic) bond motifs is 2. The molecule has 2 aliphatic rings. The highest BCUT2D eigenvalue weighted by molar-refractivity contribution is 7.17. The van der Waals surface area contributed by atoms with Crippen LogP contribution in [-0.4, -0.2) is 38.8 Å². The molecule has 1 N–H and O–H groups in total. The third-order valence-electron chi connectivity index (χ3n) is 7.76. The van der Waals surface area contributed by atoms with E-state index in [9.17, 15) is 14.3 Å². The number of thiophene rings is 1. The van der Waals surface area contributed by atoms with Crippen LogP contribution >= 0.6 is 22.9 Å². The zero-order valence-electron chi connectivity index (χ0n) is 20.5. The van der Waals surface area contributed by atoms with E-state index in [0.717, 1.165) is 51.9 Å². The van der Waals surface area contributed by atoms with Gasteiger partial charge in [0.15, 0.2) is 0 Å². The van der Waals surface area contributed by atoms with Crippen LogP contribution in [0.1, 0.15) is 42.5 Å². The number of amides is 1. The highest BCUT2D eigenvalue weighted by Crippen LogP contribution is 2.48. The first-order valence-corrected chi connectivity index (χ1v) is 13.8. The smallest absolute Gasteiger partial charge is 0.230 e. The van der Waals surface area contributed by atoms with E-state index >= 15 is 0 Å². The number of carbonyl (C=O) groups is 1. The van der Waals surface area contributed by atoms with E-state index in [1.165, 1.54) is 23.3 Å². The van der Waals surface area contributed by atoms with E-state index in [0.29, 0.717) is 11.6 Å². The Morgan fingerprint density at radius 3 is 2.86 bits per heavy atom. The van der Waals surface area contributed by atoms with Gasteiger partial charge in [0.25, 0.3) is 0 Å². The van der Waals surface area contributed by atoms with Crippen molar-refractivity contribution in [1.82, 2.24) is 14.7 Å². The summed E-state index contributed by atoms with van der Waals surface area (Å²) in [6.45, 7) is 2.80. The predicted octanol–water partition coefficient (Wildman–Crippen LogP) is 6.27. The van der Waals surface area contributed by atoms with Gasteiger partial charge >= 0.3 is 0 Å². The van der Waals surface area contributed by atoms with E-state index in [2.05, 4.69) is 17.4 Å². The SMILES string of the molecule is C[C@@H]1C2=C(CC[C@H]2C(=O)N(CCO)Cc2csc3ccc(Cl)cc23)Cc2c1cnn2-c1ccc(F)cc1. The van der Waals surface area contributed by atoms with Crippen LogP contribution in [0.2, 0.25) is 5.02 Å². The van der Waals surface area contributed by atoms with Gasteiger partial charge < -0.3 is 10.0 Å². The molecule has 6 rings (SSSR count). The number of hydrogen-bond donors (Lipinski definition) is 1. The number of rotatable bonds is 6. The van der Waals surface area contributed by atoms with Crippen molar-refractivity contribution in [2.45, 2.75) is 38.6 Å². The van der Waals surface area contributed by atoms with Gasteiger partial charge in [-0.25, -0.2) is 9.07 Å². The van der Waals surface area contributed by atoms with Gasteiger partial charge in [0.1, 0.15) is 5.82 Å². The fourth-order valence-electron chi connectivity index (χ4n) is 6.01. The Morgan fingerprint density at radius 1 is 1.27 bits per heavy atom. The Balaban J connectivity index is 1.28. The summed E-state index contributed by atoms with van der Waals surface area (Å²) in [4.78, 5) is 15.7. The number of aliphatic hydroxyl groups is 1. The molecular formula is C29H27ClFN3O2S. The highest BCUT2D eigenvalue weighted by atomic mass is 35.5. The summed E-state index contributed by atoms with van der Waals surface area (Å²) < 4.78 is 16.5. The van der Waals surface area contributed by atoms with E-state index in [1.54, 1.807) is 28.4 Å². The van der Waals surface area contributed by atoms with Crippen molar-refractivity contribution in [3.8, 4) is 5.69 Å². The minimum absolute atomic E-state index is 0.0705. The normalized spacial score (nSPS) is 18.8. The number of carbonyl (C=O) groups excluding carboxylic acids is 1. The molecule has 2 heterocycles. The summed E-state index contributed by atoms with van der Waals surface area (Å²) in [6.07, 6.45) is 4.28. The van der Waals surface area contributed by atoms with Crippen LogP contribution in [0.3, 0.4) is 0 Å². The molecule has 0 unspecified atom stereocenters. The number of aliphatic hydroxyl groups excluding tert-OH is 1. The maximum Gasteiger partial charge on any atom is 0.230 e. The molecule has 0 fully saturated rings. The Bertz CT molecular complexity index is 1520. The Kier molecular flexibility index (Phi) is 6.39.